The lowest BCUT2D eigenvalue weighted by Crippen LogP contribution is -2.03. The summed E-state index contributed by atoms with van der Waals surface area (Å²) in [5.74, 6) is -4.67. The molecule has 1 N–H and O–H groups in total. The van der Waals surface area contributed by atoms with Crippen LogP contribution >= 0.6 is 27.5 Å². The van der Waals surface area contributed by atoms with E-state index in [2.05, 4.69) is 20.9 Å². The molecule has 0 aliphatic carbocycles. The Labute approximate surface area is 125 Å². The van der Waals surface area contributed by atoms with Crippen molar-refractivity contribution in [2.75, 3.05) is 0 Å². The zero-order valence-corrected chi connectivity index (χ0v) is 11.9. The van der Waals surface area contributed by atoms with E-state index in [0.29, 0.717) is 0 Å². The molecule has 20 heavy (non-hydrogen) atoms. The van der Waals surface area contributed by atoms with Crippen LogP contribution in [0.15, 0.2) is 28.7 Å². The highest BCUT2D eigenvalue weighted by Crippen LogP contribution is 2.31. The quantitative estimate of drug-likeness (QED) is 0.653. The van der Waals surface area contributed by atoms with Gasteiger partial charge in [0.25, 0.3) is 0 Å². The summed E-state index contributed by atoms with van der Waals surface area (Å²) in [6.07, 6.45) is 0. The maximum absolute atomic E-state index is 13.6. The third-order valence-corrected chi connectivity index (χ3v) is 2.89. The van der Waals surface area contributed by atoms with E-state index >= 15 is 0 Å². The van der Waals surface area contributed by atoms with Crippen LogP contribution in [0.3, 0.4) is 0 Å². The van der Waals surface area contributed by atoms with Crippen molar-refractivity contribution in [3.8, 4) is 11.6 Å². The summed E-state index contributed by atoms with van der Waals surface area (Å²) in [7, 11) is 0. The predicted octanol–water partition coefficient (Wildman–Crippen LogP) is 4.27. The summed E-state index contributed by atoms with van der Waals surface area (Å²) >= 11 is 8.60. The van der Waals surface area contributed by atoms with E-state index in [1.165, 1.54) is 6.07 Å². The first-order valence-corrected chi connectivity index (χ1v) is 6.28. The summed E-state index contributed by atoms with van der Waals surface area (Å²) in [5, 5.41) is 8.93. The van der Waals surface area contributed by atoms with Crippen LogP contribution in [0.25, 0.3) is 0 Å². The second-order valence-electron chi connectivity index (χ2n) is 3.59. The second-order valence-corrected chi connectivity index (χ2v) is 4.90. The molecule has 0 atom stereocenters. The Balaban J connectivity index is 2.50. The molecule has 0 aliphatic rings. The van der Waals surface area contributed by atoms with Crippen LogP contribution in [0.5, 0.6) is 11.6 Å². The molecule has 0 bridgehead atoms. The highest BCUT2D eigenvalue weighted by molar-refractivity contribution is 9.10. The Kier molecular flexibility index (Phi) is 4.20. The van der Waals surface area contributed by atoms with Gasteiger partial charge in [0.15, 0.2) is 11.6 Å². The molecule has 4 nitrogen and oxygen atoms in total. The van der Waals surface area contributed by atoms with Gasteiger partial charge in [-0.3, -0.25) is 0 Å². The van der Waals surface area contributed by atoms with Gasteiger partial charge in [0.05, 0.1) is 0 Å². The topological polar surface area (TPSA) is 59.4 Å². The third-order valence-electron chi connectivity index (χ3n) is 2.22. The molecule has 0 aliphatic heterocycles. The highest BCUT2D eigenvalue weighted by atomic mass is 79.9. The number of benzene rings is 1. The molecule has 1 aromatic heterocycles. The number of hydrogen-bond donors (Lipinski definition) is 1. The van der Waals surface area contributed by atoms with E-state index in [1.807, 2.05) is 0 Å². The first-order chi connectivity index (χ1) is 9.38. The van der Waals surface area contributed by atoms with E-state index in [0.717, 1.165) is 18.2 Å². The lowest BCUT2D eigenvalue weighted by Gasteiger charge is -2.09. The van der Waals surface area contributed by atoms with Gasteiger partial charge in [0.1, 0.15) is 10.7 Å². The molecule has 104 valence electrons. The number of aromatic carboxylic acids is 1. The lowest BCUT2D eigenvalue weighted by atomic mass is 10.2. The van der Waals surface area contributed by atoms with Crippen molar-refractivity contribution in [2.45, 2.75) is 0 Å². The highest BCUT2D eigenvalue weighted by Gasteiger charge is 2.18. The second kappa shape index (κ2) is 5.72. The Morgan fingerprint density at radius 3 is 2.70 bits per heavy atom. The standard InChI is InChI=1S/C12H5BrClF2NO3/c13-5-3-7(15)10(16)8(4-5)20-11-6(12(18)19)1-2-9(14)17-11/h1-4H,(H,18,19). The zero-order chi connectivity index (χ0) is 14.9. The minimum absolute atomic E-state index is 0.0409. The molecule has 1 aromatic carbocycles. The van der Waals surface area contributed by atoms with Crippen molar-refractivity contribution in [3.05, 3.63) is 51.1 Å². The fourth-order valence-corrected chi connectivity index (χ4v) is 1.92. The molecule has 0 fully saturated rings. The number of nitrogens with zero attached hydrogens (tertiary/aromatic N) is 1. The average Bonchev–Trinajstić information content (AvgIpc) is 2.35. The van der Waals surface area contributed by atoms with Gasteiger partial charge < -0.3 is 9.84 Å². The number of carboxylic acids is 1. The van der Waals surface area contributed by atoms with Gasteiger partial charge in [-0.25, -0.2) is 14.2 Å². The molecule has 1 heterocycles. The van der Waals surface area contributed by atoms with Gasteiger partial charge in [-0.2, -0.15) is 4.39 Å². The van der Waals surface area contributed by atoms with Crippen LogP contribution in [0.2, 0.25) is 5.15 Å². The number of halogens is 4. The monoisotopic (exact) mass is 363 g/mol. The van der Waals surface area contributed by atoms with Crippen LogP contribution in [-0.2, 0) is 0 Å². The normalized spacial score (nSPS) is 10.4. The maximum Gasteiger partial charge on any atom is 0.341 e. The third kappa shape index (κ3) is 3.05. The van der Waals surface area contributed by atoms with Gasteiger partial charge in [0.2, 0.25) is 11.7 Å². The van der Waals surface area contributed by atoms with Crippen LogP contribution < -0.4 is 4.74 Å². The van der Waals surface area contributed by atoms with Crippen LogP contribution in [0.1, 0.15) is 10.4 Å². The van der Waals surface area contributed by atoms with E-state index in [4.69, 9.17) is 21.4 Å². The number of carboxylic acid groups (broad SMARTS) is 1. The number of pyridine rings is 1. The van der Waals surface area contributed by atoms with Crippen molar-refractivity contribution >= 4 is 33.5 Å². The molecule has 0 spiro atoms. The Morgan fingerprint density at radius 1 is 1.35 bits per heavy atom. The predicted molar refractivity (Wildman–Crippen MR) is 70.3 cm³/mol. The zero-order valence-electron chi connectivity index (χ0n) is 9.53. The Bertz CT molecular complexity index is 697. The van der Waals surface area contributed by atoms with Gasteiger partial charge in [-0.05, 0) is 24.3 Å². The van der Waals surface area contributed by atoms with Crippen LogP contribution in [0, 0.1) is 11.6 Å². The summed E-state index contributed by atoms with van der Waals surface area (Å²) in [4.78, 5) is 14.6. The van der Waals surface area contributed by atoms with Crippen molar-refractivity contribution in [1.82, 2.24) is 4.98 Å². The fourth-order valence-electron chi connectivity index (χ4n) is 1.37. The number of carbonyl (C=O) groups is 1. The molecular formula is C12H5BrClF2NO3. The molecule has 2 aromatic rings. The average molecular weight is 365 g/mol. The molecule has 0 saturated carbocycles. The van der Waals surface area contributed by atoms with Gasteiger partial charge in [-0.1, -0.05) is 27.5 Å². The SMILES string of the molecule is O=C(O)c1ccc(Cl)nc1Oc1cc(Br)cc(F)c1F. The first-order valence-electron chi connectivity index (χ1n) is 5.10. The maximum atomic E-state index is 13.6. The van der Waals surface area contributed by atoms with Crippen LogP contribution in [0.4, 0.5) is 8.78 Å². The largest absolute Gasteiger partial charge is 0.477 e. The minimum Gasteiger partial charge on any atom is -0.477 e. The number of hydrogen-bond acceptors (Lipinski definition) is 3. The molecular weight excluding hydrogens is 359 g/mol. The van der Waals surface area contributed by atoms with Crippen LogP contribution in [-0.4, -0.2) is 16.1 Å². The van der Waals surface area contributed by atoms with E-state index in [1.54, 1.807) is 0 Å². The summed E-state index contributed by atoms with van der Waals surface area (Å²) in [5.41, 5.74) is -0.325. The van der Waals surface area contributed by atoms with Gasteiger partial charge in [0, 0.05) is 4.47 Å². The summed E-state index contributed by atoms with van der Waals surface area (Å²) in [6, 6.07) is 4.45. The molecule has 8 heteroatoms. The fraction of sp³-hybridized carbons (Fsp3) is 0. The Hall–Kier alpha value is -1.73. The molecule has 0 radical (unpaired) electrons. The van der Waals surface area contributed by atoms with Gasteiger partial charge >= 0.3 is 5.97 Å². The van der Waals surface area contributed by atoms with Crippen molar-refractivity contribution in [1.29, 1.82) is 0 Å². The summed E-state index contributed by atoms with van der Waals surface area (Å²) < 4.78 is 32.1. The van der Waals surface area contributed by atoms with Crippen molar-refractivity contribution in [2.24, 2.45) is 0 Å². The molecule has 0 amide bonds. The number of aromatic nitrogens is 1. The van der Waals surface area contributed by atoms with Crippen molar-refractivity contribution in [3.63, 3.8) is 0 Å². The van der Waals surface area contributed by atoms with Gasteiger partial charge in [-0.15, -0.1) is 0 Å². The van der Waals surface area contributed by atoms with E-state index < -0.39 is 29.2 Å². The van der Waals surface area contributed by atoms with E-state index in [-0.39, 0.29) is 15.2 Å². The smallest absolute Gasteiger partial charge is 0.341 e. The Morgan fingerprint density at radius 2 is 2.05 bits per heavy atom. The van der Waals surface area contributed by atoms with E-state index in [9.17, 15) is 13.6 Å². The number of ether oxygens (including phenoxy) is 1. The summed E-state index contributed by atoms with van der Waals surface area (Å²) in [6.45, 7) is 0. The first kappa shape index (κ1) is 14.7. The molecule has 0 saturated heterocycles. The molecule has 2 rings (SSSR count). The lowest BCUT2D eigenvalue weighted by molar-refractivity contribution is 0.0693. The number of rotatable bonds is 3. The minimum atomic E-state index is -1.33. The molecule has 0 unspecified atom stereocenters. The van der Waals surface area contributed by atoms with Crippen molar-refractivity contribution < 1.29 is 23.4 Å².